The zero-order valence-electron chi connectivity index (χ0n) is 13.2. The molecule has 122 valence electrons. The highest BCUT2D eigenvalue weighted by Crippen LogP contribution is 2.31. The number of sulfonamides is 1. The van der Waals surface area contributed by atoms with E-state index in [9.17, 15) is 13.2 Å². The van der Waals surface area contributed by atoms with Crippen LogP contribution in [0.3, 0.4) is 0 Å². The molecule has 1 atom stereocenters. The van der Waals surface area contributed by atoms with Gasteiger partial charge in [-0.1, -0.05) is 29.8 Å². The maximum Gasteiger partial charge on any atom is 0.253 e. The molecule has 0 aliphatic carbocycles. The Balaban J connectivity index is 1.91. The first-order valence-corrected chi connectivity index (χ1v) is 9.84. The number of hydrogen-bond donors (Lipinski definition) is 0. The Labute approximate surface area is 140 Å². The molecule has 0 spiro atoms. The van der Waals surface area contributed by atoms with E-state index in [0.29, 0.717) is 29.2 Å². The normalized spacial score (nSPS) is 19.1. The van der Waals surface area contributed by atoms with Crippen molar-refractivity contribution < 1.29 is 13.2 Å². The molecule has 0 radical (unpaired) electrons. The first kappa shape index (κ1) is 16.4. The van der Waals surface area contributed by atoms with Crippen molar-refractivity contribution in [1.82, 2.24) is 4.31 Å². The summed E-state index contributed by atoms with van der Waals surface area (Å²) in [5.74, 6) is -0.112. The number of aryl methyl sites for hydroxylation is 2. The molecule has 1 fully saturated rings. The summed E-state index contributed by atoms with van der Waals surface area (Å²) in [7, 11) is -3.60. The lowest BCUT2D eigenvalue weighted by Crippen LogP contribution is -2.40. The molecule has 1 aliphatic heterocycles. The van der Waals surface area contributed by atoms with E-state index in [1.54, 1.807) is 24.3 Å². The molecular formula is C17H19NO3S2. The van der Waals surface area contributed by atoms with Gasteiger partial charge < -0.3 is 0 Å². The van der Waals surface area contributed by atoms with Gasteiger partial charge in [-0.3, -0.25) is 4.79 Å². The van der Waals surface area contributed by atoms with Gasteiger partial charge >= 0.3 is 0 Å². The highest BCUT2D eigenvalue weighted by atomic mass is 32.2. The van der Waals surface area contributed by atoms with Gasteiger partial charge in [0.2, 0.25) is 0 Å². The van der Waals surface area contributed by atoms with Crippen molar-refractivity contribution in [3.8, 4) is 0 Å². The van der Waals surface area contributed by atoms with Gasteiger partial charge in [0.05, 0.1) is 6.04 Å². The van der Waals surface area contributed by atoms with Crippen molar-refractivity contribution >= 4 is 27.1 Å². The largest absolute Gasteiger partial charge is 0.292 e. The Hall–Kier alpha value is -1.50. The number of benzene rings is 1. The van der Waals surface area contributed by atoms with Crippen LogP contribution in [0.2, 0.25) is 0 Å². The van der Waals surface area contributed by atoms with Gasteiger partial charge in [0.1, 0.15) is 4.21 Å². The summed E-state index contributed by atoms with van der Waals surface area (Å²) in [6.45, 7) is 4.24. The molecule has 1 aromatic carbocycles. The third-order valence-electron chi connectivity index (χ3n) is 4.12. The number of hydrogen-bond acceptors (Lipinski definition) is 4. The molecular weight excluding hydrogens is 330 g/mol. The molecule has 2 heterocycles. The molecule has 4 nitrogen and oxygen atoms in total. The molecule has 2 aromatic rings. The summed E-state index contributed by atoms with van der Waals surface area (Å²) in [6, 6.07) is 10.1. The Morgan fingerprint density at radius 2 is 1.83 bits per heavy atom. The molecule has 0 amide bonds. The fourth-order valence-electron chi connectivity index (χ4n) is 2.87. The van der Waals surface area contributed by atoms with Crippen LogP contribution in [0.1, 0.15) is 33.6 Å². The minimum absolute atomic E-state index is 0.112. The van der Waals surface area contributed by atoms with Crippen LogP contribution in [0.15, 0.2) is 40.6 Å². The van der Waals surface area contributed by atoms with E-state index in [1.165, 1.54) is 15.6 Å². The molecule has 0 saturated carbocycles. The second-order valence-electron chi connectivity index (χ2n) is 5.87. The molecule has 1 aromatic heterocycles. The van der Waals surface area contributed by atoms with Crippen molar-refractivity contribution in [2.24, 2.45) is 0 Å². The fourth-order valence-corrected chi connectivity index (χ4v) is 5.94. The summed E-state index contributed by atoms with van der Waals surface area (Å²) in [5.41, 5.74) is 1.65. The van der Waals surface area contributed by atoms with E-state index in [2.05, 4.69) is 0 Å². The Kier molecular flexibility index (Phi) is 4.40. The zero-order chi connectivity index (χ0) is 16.6. The third-order valence-corrected chi connectivity index (χ3v) is 7.50. The van der Waals surface area contributed by atoms with Gasteiger partial charge in [-0.25, -0.2) is 8.42 Å². The smallest absolute Gasteiger partial charge is 0.253 e. The standard InChI is InChI=1S/C17H19NO3S2/c1-12-5-8-14(9-6-12)17(19)15-4-3-11-18(15)23(20,21)16-10-7-13(2)22-16/h5-10,15H,3-4,11H2,1-2H3. The monoisotopic (exact) mass is 349 g/mol. The topological polar surface area (TPSA) is 54.5 Å². The molecule has 3 rings (SSSR count). The molecule has 6 heteroatoms. The van der Waals surface area contributed by atoms with E-state index in [1.807, 2.05) is 26.0 Å². The summed E-state index contributed by atoms with van der Waals surface area (Å²) in [5, 5.41) is 0. The van der Waals surface area contributed by atoms with Crippen LogP contribution in [-0.2, 0) is 10.0 Å². The summed E-state index contributed by atoms with van der Waals surface area (Å²) < 4.78 is 27.4. The molecule has 1 unspecified atom stereocenters. The second-order valence-corrected chi connectivity index (χ2v) is 9.27. The Morgan fingerprint density at radius 1 is 1.13 bits per heavy atom. The number of nitrogens with zero attached hydrogens (tertiary/aromatic N) is 1. The lowest BCUT2D eigenvalue weighted by molar-refractivity contribution is 0.0918. The van der Waals surface area contributed by atoms with Gasteiger partial charge in [-0.05, 0) is 38.8 Å². The predicted molar refractivity (Wildman–Crippen MR) is 91.5 cm³/mol. The van der Waals surface area contributed by atoms with Crippen molar-refractivity contribution in [1.29, 1.82) is 0 Å². The van der Waals surface area contributed by atoms with E-state index < -0.39 is 16.1 Å². The van der Waals surface area contributed by atoms with E-state index in [-0.39, 0.29) is 5.78 Å². The summed E-state index contributed by atoms with van der Waals surface area (Å²) >= 11 is 1.25. The minimum atomic E-state index is -3.60. The minimum Gasteiger partial charge on any atom is -0.292 e. The number of ketones is 1. The maximum absolute atomic E-state index is 12.8. The quantitative estimate of drug-likeness (QED) is 0.795. The van der Waals surface area contributed by atoms with Gasteiger partial charge in [0.15, 0.2) is 5.78 Å². The van der Waals surface area contributed by atoms with E-state index >= 15 is 0 Å². The first-order chi connectivity index (χ1) is 10.9. The van der Waals surface area contributed by atoms with Crippen molar-refractivity contribution in [2.45, 2.75) is 36.9 Å². The van der Waals surface area contributed by atoms with Crippen LogP contribution < -0.4 is 0 Å². The predicted octanol–water partition coefficient (Wildman–Crippen LogP) is 3.40. The first-order valence-electron chi connectivity index (χ1n) is 7.59. The Bertz CT molecular complexity index is 822. The van der Waals surface area contributed by atoms with E-state index in [0.717, 1.165) is 10.4 Å². The number of carbonyl (C=O) groups is 1. The second kappa shape index (κ2) is 6.19. The van der Waals surface area contributed by atoms with Gasteiger partial charge in [-0.2, -0.15) is 4.31 Å². The van der Waals surface area contributed by atoms with Crippen LogP contribution in [-0.4, -0.2) is 31.1 Å². The number of Topliss-reactive ketones (excluding diaryl/α,β-unsaturated/α-hetero) is 1. The number of rotatable bonds is 4. The number of carbonyl (C=O) groups excluding carboxylic acids is 1. The maximum atomic E-state index is 12.8. The average Bonchev–Trinajstić information content (AvgIpc) is 3.16. The van der Waals surface area contributed by atoms with Gasteiger partial charge in [0.25, 0.3) is 10.0 Å². The number of thiophene rings is 1. The van der Waals surface area contributed by atoms with Gasteiger partial charge in [-0.15, -0.1) is 11.3 Å². The average molecular weight is 349 g/mol. The summed E-state index contributed by atoms with van der Waals surface area (Å²) in [6.07, 6.45) is 1.29. The Morgan fingerprint density at radius 3 is 2.43 bits per heavy atom. The van der Waals surface area contributed by atoms with Crippen LogP contribution in [0, 0.1) is 13.8 Å². The van der Waals surface area contributed by atoms with Crippen LogP contribution >= 0.6 is 11.3 Å². The lowest BCUT2D eigenvalue weighted by atomic mass is 10.0. The molecule has 23 heavy (non-hydrogen) atoms. The van der Waals surface area contributed by atoms with Crippen LogP contribution in [0.25, 0.3) is 0 Å². The van der Waals surface area contributed by atoms with Crippen molar-refractivity contribution in [3.63, 3.8) is 0 Å². The highest BCUT2D eigenvalue weighted by molar-refractivity contribution is 7.91. The molecule has 0 N–H and O–H groups in total. The zero-order valence-corrected chi connectivity index (χ0v) is 14.8. The molecule has 1 aliphatic rings. The van der Waals surface area contributed by atoms with Gasteiger partial charge in [0, 0.05) is 17.0 Å². The van der Waals surface area contributed by atoms with Crippen LogP contribution in [0.5, 0.6) is 0 Å². The highest BCUT2D eigenvalue weighted by Gasteiger charge is 2.40. The third kappa shape index (κ3) is 3.11. The van der Waals surface area contributed by atoms with E-state index in [4.69, 9.17) is 0 Å². The van der Waals surface area contributed by atoms with Crippen molar-refractivity contribution in [3.05, 3.63) is 52.4 Å². The summed E-state index contributed by atoms with van der Waals surface area (Å²) in [4.78, 5) is 13.7. The lowest BCUT2D eigenvalue weighted by Gasteiger charge is -2.22. The molecule has 0 bridgehead atoms. The molecule has 1 saturated heterocycles. The van der Waals surface area contributed by atoms with Crippen LogP contribution in [0.4, 0.5) is 0 Å². The fraction of sp³-hybridized carbons (Fsp3) is 0.353. The SMILES string of the molecule is Cc1ccc(C(=O)C2CCCN2S(=O)(=O)c2ccc(C)s2)cc1. The van der Waals surface area contributed by atoms with Crippen molar-refractivity contribution in [2.75, 3.05) is 6.54 Å².